The number of para-hydroxylation sites is 1. The van der Waals surface area contributed by atoms with Gasteiger partial charge in [0.05, 0.1) is 0 Å². The van der Waals surface area contributed by atoms with Crippen molar-refractivity contribution in [3.63, 3.8) is 0 Å². The smallest absolute Gasteiger partial charge is 0.164 e. The summed E-state index contributed by atoms with van der Waals surface area (Å²) in [7, 11) is 0. The number of hydrogen-bond acceptors (Lipinski definition) is 5. The number of furan rings is 1. The van der Waals surface area contributed by atoms with E-state index in [0.29, 0.717) is 17.5 Å². The molecule has 0 bridgehead atoms. The van der Waals surface area contributed by atoms with Crippen LogP contribution in [0.2, 0.25) is 0 Å². The quantitative estimate of drug-likeness (QED) is 0.179. The molecule has 0 radical (unpaired) electrons. The molecule has 0 saturated heterocycles. The van der Waals surface area contributed by atoms with E-state index in [9.17, 15) is 0 Å². The zero-order chi connectivity index (χ0) is 35.6. The molecule has 54 heavy (non-hydrogen) atoms. The fourth-order valence-electron chi connectivity index (χ4n) is 7.79. The lowest BCUT2D eigenvalue weighted by Crippen LogP contribution is -2.00. The Hall–Kier alpha value is -6.95. The maximum absolute atomic E-state index is 6.75. The number of thiophene rings is 1. The zero-order valence-corrected chi connectivity index (χ0v) is 29.7. The van der Waals surface area contributed by atoms with Crippen molar-refractivity contribution in [2.24, 2.45) is 0 Å². The van der Waals surface area contributed by atoms with E-state index in [2.05, 4.69) is 152 Å². The lowest BCUT2D eigenvalue weighted by Gasteiger charge is -2.13. The minimum Gasteiger partial charge on any atom is -0.455 e. The van der Waals surface area contributed by atoms with Gasteiger partial charge >= 0.3 is 0 Å². The van der Waals surface area contributed by atoms with Gasteiger partial charge in [0.1, 0.15) is 11.2 Å². The number of fused-ring (bicyclic) bond motifs is 8. The Bertz CT molecular complexity index is 3220. The van der Waals surface area contributed by atoms with Gasteiger partial charge in [0.2, 0.25) is 0 Å². The molecule has 252 valence electrons. The summed E-state index contributed by atoms with van der Waals surface area (Å²) in [6.45, 7) is 0. The summed E-state index contributed by atoms with van der Waals surface area (Å²) in [5.41, 5.74) is 9.03. The predicted molar refractivity (Wildman–Crippen MR) is 225 cm³/mol. The van der Waals surface area contributed by atoms with E-state index < -0.39 is 0 Å². The van der Waals surface area contributed by atoms with Gasteiger partial charge < -0.3 is 4.42 Å². The van der Waals surface area contributed by atoms with Crippen LogP contribution in [0, 0.1) is 0 Å². The molecule has 0 saturated carbocycles. The van der Waals surface area contributed by atoms with Gasteiger partial charge in [-0.15, -0.1) is 11.3 Å². The molecule has 11 aromatic rings. The molecule has 0 aliphatic heterocycles. The number of rotatable bonds is 5. The van der Waals surface area contributed by atoms with Crippen molar-refractivity contribution in [2.45, 2.75) is 0 Å². The zero-order valence-electron chi connectivity index (χ0n) is 28.9. The van der Waals surface area contributed by atoms with Gasteiger partial charge in [-0.2, -0.15) is 0 Å². The molecule has 0 unspecified atom stereocenters. The molecule has 0 amide bonds. The first-order valence-electron chi connectivity index (χ1n) is 18.0. The predicted octanol–water partition coefficient (Wildman–Crippen LogP) is 13.6. The Morgan fingerprint density at radius 3 is 1.80 bits per heavy atom. The first kappa shape index (κ1) is 30.7. The first-order chi connectivity index (χ1) is 26.7. The lowest BCUT2D eigenvalue weighted by molar-refractivity contribution is 0.673. The highest BCUT2D eigenvalue weighted by Gasteiger charge is 2.20. The summed E-state index contributed by atoms with van der Waals surface area (Å²) in [5, 5.41) is 6.86. The van der Waals surface area contributed by atoms with Crippen LogP contribution >= 0.6 is 11.3 Å². The van der Waals surface area contributed by atoms with Crippen molar-refractivity contribution in [1.29, 1.82) is 0 Å². The average Bonchev–Trinajstić information content (AvgIpc) is 3.82. The molecule has 3 aromatic heterocycles. The summed E-state index contributed by atoms with van der Waals surface area (Å²) in [4.78, 5) is 15.3. The highest BCUT2D eigenvalue weighted by molar-refractivity contribution is 7.25. The number of benzene rings is 8. The van der Waals surface area contributed by atoms with Crippen molar-refractivity contribution in [3.8, 4) is 56.4 Å². The van der Waals surface area contributed by atoms with E-state index in [1.165, 1.54) is 20.2 Å². The summed E-state index contributed by atoms with van der Waals surface area (Å²) >= 11 is 1.81. The van der Waals surface area contributed by atoms with Gasteiger partial charge in [-0.3, -0.25) is 0 Å². The van der Waals surface area contributed by atoms with Gasteiger partial charge in [0.15, 0.2) is 17.5 Å². The SMILES string of the molecule is c1ccc(-c2nc(-c3cccc(-c4cc5cccc(-c6ccccc6)c5c5oc6ccccc6c45)c3)nc(-c3ccc4sc5ccccc5c4c3)n2)cc1. The van der Waals surface area contributed by atoms with Crippen molar-refractivity contribution >= 4 is 64.2 Å². The van der Waals surface area contributed by atoms with Crippen LogP contribution in [0.15, 0.2) is 180 Å². The van der Waals surface area contributed by atoms with Crippen LogP contribution in [0.25, 0.3) is 109 Å². The van der Waals surface area contributed by atoms with Gasteiger partial charge in [0.25, 0.3) is 0 Å². The van der Waals surface area contributed by atoms with Crippen LogP contribution in [0.4, 0.5) is 0 Å². The molecule has 0 spiro atoms. The van der Waals surface area contributed by atoms with Gasteiger partial charge in [-0.1, -0.05) is 133 Å². The fourth-order valence-corrected chi connectivity index (χ4v) is 8.87. The maximum Gasteiger partial charge on any atom is 0.164 e. The molecule has 4 nitrogen and oxygen atoms in total. The largest absolute Gasteiger partial charge is 0.455 e. The molecule has 5 heteroatoms. The molecule has 0 fully saturated rings. The number of hydrogen-bond donors (Lipinski definition) is 0. The molecular weight excluding hydrogens is 679 g/mol. The molecule has 0 N–H and O–H groups in total. The second-order valence-electron chi connectivity index (χ2n) is 13.6. The highest BCUT2D eigenvalue weighted by Crippen LogP contribution is 2.45. The Kier molecular flexibility index (Phi) is 7.00. The topological polar surface area (TPSA) is 51.8 Å². The van der Waals surface area contributed by atoms with Gasteiger partial charge in [0, 0.05) is 53.0 Å². The van der Waals surface area contributed by atoms with Crippen molar-refractivity contribution < 1.29 is 4.42 Å². The summed E-state index contributed by atoms with van der Waals surface area (Å²) in [5.74, 6) is 1.90. The number of nitrogens with zero attached hydrogens (tertiary/aromatic N) is 3. The number of aromatic nitrogens is 3. The maximum atomic E-state index is 6.75. The third-order valence-electron chi connectivity index (χ3n) is 10.3. The fraction of sp³-hybridized carbons (Fsp3) is 0. The van der Waals surface area contributed by atoms with Crippen molar-refractivity contribution in [3.05, 3.63) is 176 Å². The van der Waals surface area contributed by atoms with Crippen LogP contribution in [0.5, 0.6) is 0 Å². The molecule has 0 aliphatic rings. The minimum absolute atomic E-state index is 0.622. The lowest BCUT2D eigenvalue weighted by atomic mass is 9.91. The standard InChI is InChI=1S/C49H29N3OS/c1-3-13-30(14-4-1)36-22-12-18-33-28-39(45-38-21-7-9-23-41(38)53-46(45)44(33)36)32-17-11-19-34(27-32)48-50-47(31-15-5-2-6-16-31)51-49(52-48)35-25-26-43-40(29-35)37-20-8-10-24-42(37)54-43/h1-29H. The average molecular weight is 708 g/mol. The Morgan fingerprint density at radius 1 is 0.370 bits per heavy atom. The summed E-state index contributed by atoms with van der Waals surface area (Å²) in [6.07, 6.45) is 0. The monoisotopic (exact) mass is 707 g/mol. The normalized spacial score (nSPS) is 11.7. The van der Waals surface area contributed by atoms with Gasteiger partial charge in [-0.05, 0) is 70.1 Å². The molecule has 0 aliphatic carbocycles. The van der Waals surface area contributed by atoms with E-state index in [0.717, 1.165) is 71.7 Å². The van der Waals surface area contributed by atoms with E-state index in [4.69, 9.17) is 19.4 Å². The van der Waals surface area contributed by atoms with E-state index >= 15 is 0 Å². The van der Waals surface area contributed by atoms with Crippen LogP contribution in [0.1, 0.15) is 0 Å². The molecule has 8 aromatic carbocycles. The first-order valence-corrected chi connectivity index (χ1v) is 18.8. The Labute approximate surface area is 314 Å². The van der Waals surface area contributed by atoms with Crippen molar-refractivity contribution in [2.75, 3.05) is 0 Å². The molecule has 11 rings (SSSR count). The van der Waals surface area contributed by atoms with Crippen molar-refractivity contribution in [1.82, 2.24) is 15.0 Å². The molecule has 3 heterocycles. The minimum atomic E-state index is 0.622. The van der Waals surface area contributed by atoms with Crippen LogP contribution < -0.4 is 0 Å². The van der Waals surface area contributed by atoms with Crippen LogP contribution in [0.3, 0.4) is 0 Å². The second-order valence-corrected chi connectivity index (χ2v) is 14.6. The summed E-state index contributed by atoms with van der Waals surface area (Å²) in [6, 6.07) is 61.5. The highest BCUT2D eigenvalue weighted by atomic mass is 32.1. The summed E-state index contributed by atoms with van der Waals surface area (Å²) < 4.78 is 9.27. The van der Waals surface area contributed by atoms with Crippen LogP contribution in [-0.2, 0) is 0 Å². The van der Waals surface area contributed by atoms with E-state index in [-0.39, 0.29) is 0 Å². The van der Waals surface area contributed by atoms with E-state index in [1.54, 1.807) is 0 Å². The van der Waals surface area contributed by atoms with E-state index in [1.807, 2.05) is 35.6 Å². The molecular formula is C49H29N3OS. The molecule has 0 atom stereocenters. The second kappa shape index (κ2) is 12.3. The third-order valence-corrected chi connectivity index (χ3v) is 11.5. The van der Waals surface area contributed by atoms with Gasteiger partial charge in [-0.25, -0.2) is 15.0 Å². The third kappa shape index (κ3) is 5.01. The van der Waals surface area contributed by atoms with Crippen LogP contribution in [-0.4, -0.2) is 15.0 Å². The Morgan fingerprint density at radius 2 is 0.981 bits per heavy atom. The Balaban J connectivity index is 1.12.